The molecule has 0 amide bonds. The number of fused-ring (bicyclic) bond motifs is 1. The van der Waals surface area contributed by atoms with Crippen molar-refractivity contribution in [3.05, 3.63) is 47.5 Å². The second-order valence-corrected chi connectivity index (χ2v) is 8.26. The maximum Gasteiger partial charge on any atom is 0.306 e. The smallest absolute Gasteiger partial charge is 0.306 e. The van der Waals surface area contributed by atoms with Gasteiger partial charge in [0.25, 0.3) is 0 Å². The fourth-order valence-corrected chi connectivity index (χ4v) is 3.07. The Morgan fingerprint density at radius 2 is 1.80 bits per heavy atom. The second kappa shape index (κ2) is 8.81. The minimum Gasteiger partial charge on any atom is -0.505 e. The van der Waals surface area contributed by atoms with Gasteiger partial charge >= 0.3 is 5.97 Å². The molecule has 3 N–H and O–H groups in total. The number of rotatable bonds is 7. The standard InChI is InChI=1S/C22H27N3O5/c1-22(2,3)16-10-14(8-9-20(28)30-13-15(27)12-26)11-19(21(16)29)25-23-17-6-4-5-7-18(17)24-25/h4-7,10-11,15,26-27,29H,8-9,12-13H2,1-3H3. The quantitative estimate of drug-likeness (QED) is 0.509. The number of phenols is 1. The maximum absolute atomic E-state index is 12.0. The highest BCUT2D eigenvalue weighted by Crippen LogP contribution is 2.36. The predicted molar refractivity (Wildman–Crippen MR) is 112 cm³/mol. The summed E-state index contributed by atoms with van der Waals surface area (Å²) >= 11 is 0. The third-order valence-corrected chi connectivity index (χ3v) is 4.72. The lowest BCUT2D eigenvalue weighted by Crippen LogP contribution is -2.22. The van der Waals surface area contributed by atoms with Gasteiger partial charge in [0.1, 0.15) is 35.2 Å². The van der Waals surface area contributed by atoms with Crippen molar-refractivity contribution < 1.29 is 24.9 Å². The van der Waals surface area contributed by atoms with Crippen LogP contribution < -0.4 is 0 Å². The van der Waals surface area contributed by atoms with Crippen LogP contribution in [0.1, 0.15) is 38.3 Å². The van der Waals surface area contributed by atoms with Crippen LogP contribution in [0.25, 0.3) is 16.7 Å². The van der Waals surface area contributed by atoms with E-state index in [2.05, 4.69) is 10.2 Å². The summed E-state index contributed by atoms with van der Waals surface area (Å²) in [5.74, 6) is -0.377. The molecule has 1 unspecified atom stereocenters. The number of esters is 1. The van der Waals surface area contributed by atoms with Crippen molar-refractivity contribution in [1.82, 2.24) is 15.0 Å². The number of carbonyl (C=O) groups excluding carboxylic acids is 1. The molecule has 0 fully saturated rings. The zero-order chi connectivity index (χ0) is 21.9. The van der Waals surface area contributed by atoms with Crippen molar-refractivity contribution in [2.75, 3.05) is 13.2 Å². The molecule has 1 aromatic heterocycles. The number of benzene rings is 2. The summed E-state index contributed by atoms with van der Waals surface area (Å²) in [6.45, 7) is 5.27. The van der Waals surface area contributed by atoms with Gasteiger partial charge in [-0.25, -0.2) is 0 Å². The Kier molecular flexibility index (Phi) is 6.38. The molecule has 1 atom stereocenters. The van der Waals surface area contributed by atoms with Crippen molar-refractivity contribution in [3.8, 4) is 11.4 Å². The van der Waals surface area contributed by atoms with Crippen LogP contribution in [0.15, 0.2) is 36.4 Å². The van der Waals surface area contributed by atoms with Crippen molar-refractivity contribution in [2.45, 2.75) is 45.1 Å². The van der Waals surface area contributed by atoms with Crippen LogP contribution in [0.3, 0.4) is 0 Å². The Bertz CT molecular complexity index is 1010. The molecule has 8 nitrogen and oxygen atoms in total. The molecule has 0 aliphatic rings. The van der Waals surface area contributed by atoms with Gasteiger partial charge in [-0.05, 0) is 35.6 Å². The molecule has 8 heteroatoms. The van der Waals surface area contributed by atoms with E-state index in [0.717, 1.165) is 11.1 Å². The predicted octanol–water partition coefficient (Wildman–Crippen LogP) is 2.25. The van der Waals surface area contributed by atoms with Gasteiger partial charge in [0.15, 0.2) is 0 Å². The highest BCUT2D eigenvalue weighted by molar-refractivity contribution is 5.74. The molecule has 3 aromatic rings. The van der Waals surface area contributed by atoms with Crippen molar-refractivity contribution in [1.29, 1.82) is 0 Å². The lowest BCUT2D eigenvalue weighted by Gasteiger charge is -2.23. The van der Waals surface area contributed by atoms with Gasteiger partial charge in [-0.3, -0.25) is 4.79 Å². The highest BCUT2D eigenvalue weighted by Gasteiger charge is 2.23. The molecule has 0 radical (unpaired) electrons. The Morgan fingerprint density at radius 1 is 1.17 bits per heavy atom. The molecule has 2 aromatic carbocycles. The number of aromatic nitrogens is 3. The molecule has 0 bridgehead atoms. The van der Waals surface area contributed by atoms with Gasteiger partial charge in [0.2, 0.25) is 0 Å². The number of hydrogen-bond donors (Lipinski definition) is 3. The number of aromatic hydroxyl groups is 1. The van der Waals surface area contributed by atoms with E-state index in [9.17, 15) is 15.0 Å². The Morgan fingerprint density at radius 3 is 2.37 bits per heavy atom. The normalized spacial score (nSPS) is 12.8. The monoisotopic (exact) mass is 413 g/mol. The molecule has 30 heavy (non-hydrogen) atoms. The lowest BCUT2D eigenvalue weighted by molar-refractivity contribution is -0.147. The SMILES string of the molecule is CC(C)(C)c1cc(CCC(=O)OCC(O)CO)cc(-n2nc3ccccc3n2)c1O. The number of carbonyl (C=O) groups is 1. The number of phenolic OH excluding ortho intramolecular Hbond substituents is 1. The summed E-state index contributed by atoms with van der Waals surface area (Å²) in [7, 11) is 0. The summed E-state index contributed by atoms with van der Waals surface area (Å²) in [5.41, 5.74) is 3.08. The van der Waals surface area contributed by atoms with Gasteiger partial charge in [0.05, 0.1) is 6.61 Å². The van der Waals surface area contributed by atoms with E-state index in [1.54, 1.807) is 6.07 Å². The number of aliphatic hydroxyl groups excluding tert-OH is 2. The van der Waals surface area contributed by atoms with Crippen molar-refractivity contribution >= 4 is 17.0 Å². The Balaban J connectivity index is 1.90. The minimum atomic E-state index is -1.08. The van der Waals surface area contributed by atoms with E-state index in [-0.39, 0.29) is 24.2 Å². The van der Waals surface area contributed by atoms with Crippen LogP contribution in [0, 0.1) is 0 Å². The molecular weight excluding hydrogens is 386 g/mol. The molecule has 0 saturated carbocycles. The van der Waals surface area contributed by atoms with E-state index >= 15 is 0 Å². The van der Waals surface area contributed by atoms with Gasteiger partial charge in [0, 0.05) is 12.0 Å². The van der Waals surface area contributed by atoms with Gasteiger partial charge in [-0.15, -0.1) is 15.0 Å². The third kappa shape index (κ3) is 4.95. The van der Waals surface area contributed by atoms with E-state index in [0.29, 0.717) is 23.1 Å². The zero-order valence-electron chi connectivity index (χ0n) is 17.4. The second-order valence-electron chi connectivity index (χ2n) is 8.26. The number of nitrogens with zero attached hydrogens (tertiary/aromatic N) is 3. The molecular formula is C22H27N3O5. The summed E-state index contributed by atoms with van der Waals surface area (Å²) in [5, 5.41) is 38.0. The summed E-state index contributed by atoms with van der Waals surface area (Å²) < 4.78 is 4.96. The number of aliphatic hydroxyl groups is 2. The average molecular weight is 413 g/mol. The maximum atomic E-state index is 12.0. The third-order valence-electron chi connectivity index (χ3n) is 4.72. The van der Waals surface area contributed by atoms with E-state index in [1.807, 2.05) is 51.1 Å². The van der Waals surface area contributed by atoms with Gasteiger partial charge in [-0.2, -0.15) is 0 Å². The van der Waals surface area contributed by atoms with E-state index in [1.165, 1.54) is 4.80 Å². The molecule has 0 aliphatic heterocycles. The first-order valence-electron chi connectivity index (χ1n) is 9.82. The number of aryl methyl sites for hydroxylation is 1. The summed E-state index contributed by atoms with van der Waals surface area (Å²) in [6.07, 6.45) is -0.604. The van der Waals surface area contributed by atoms with Crippen LogP contribution in [0.2, 0.25) is 0 Å². The van der Waals surface area contributed by atoms with E-state index < -0.39 is 18.7 Å². The van der Waals surface area contributed by atoms with Crippen LogP contribution in [0.5, 0.6) is 5.75 Å². The van der Waals surface area contributed by atoms with Gasteiger partial charge < -0.3 is 20.1 Å². The molecule has 160 valence electrons. The van der Waals surface area contributed by atoms with Crippen LogP contribution in [-0.4, -0.2) is 55.6 Å². The molecule has 0 spiro atoms. The highest BCUT2D eigenvalue weighted by atomic mass is 16.5. The minimum absolute atomic E-state index is 0.0974. The fourth-order valence-electron chi connectivity index (χ4n) is 3.07. The van der Waals surface area contributed by atoms with Crippen LogP contribution in [0.4, 0.5) is 0 Å². The molecule has 3 rings (SSSR count). The first-order valence-corrected chi connectivity index (χ1v) is 9.82. The molecule has 1 heterocycles. The zero-order valence-corrected chi connectivity index (χ0v) is 17.4. The van der Waals surface area contributed by atoms with Crippen LogP contribution >= 0.6 is 0 Å². The number of ether oxygens (including phenoxy) is 1. The molecule has 0 aliphatic carbocycles. The number of hydrogen-bond acceptors (Lipinski definition) is 7. The lowest BCUT2D eigenvalue weighted by atomic mass is 9.84. The van der Waals surface area contributed by atoms with Crippen molar-refractivity contribution in [2.24, 2.45) is 0 Å². The van der Waals surface area contributed by atoms with Crippen LogP contribution in [-0.2, 0) is 21.4 Å². The summed E-state index contributed by atoms with van der Waals surface area (Å²) in [4.78, 5) is 13.4. The fraction of sp³-hybridized carbons (Fsp3) is 0.409. The van der Waals surface area contributed by atoms with Crippen molar-refractivity contribution in [3.63, 3.8) is 0 Å². The summed E-state index contributed by atoms with van der Waals surface area (Å²) in [6, 6.07) is 11.1. The topological polar surface area (TPSA) is 118 Å². The Labute approximate surface area is 174 Å². The Hall–Kier alpha value is -2.97. The molecule has 0 saturated heterocycles. The van der Waals surface area contributed by atoms with E-state index in [4.69, 9.17) is 9.84 Å². The first kappa shape index (κ1) is 21.7. The average Bonchev–Trinajstić information content (AvgIpc) is 3.14. The first-order chi connectivity index (χ1) is 14.2. The van der Waals surface area contributed by atoms with Gasteiger partial charge in [-0.1, -0.05) is 39.0 Å². The largest absolute Gasteiger partial charge is 0.505 e.